The fourth-order valence-electron chi connectivity index (χ4n) is 5.42. The summed E-state index contributed by atoms with van der Waals surface area (Å²) in [4.78, 5) is 41.5. The van der Waals surface area contributed by atoms with Crippen molar-refractivity contribution in [1.29, 1.82) is 0 Å². The van der Waals surface area contributed by atoms with Gasteiger partial charge in [0.2, 0.25) is 12.3 Å². The summed E-state index contributed by atoms with van der Waals surface area (Å²) in [5.74, 6) is -0.627. The van der Waals surface area contributed by atoms with Crippen LogP contribution in [0.3, 0.4) is 0 Å². The minimum absolute atomic E-state index is 0.0121. The minimum atomic E-state index is -1.50. The van der Waals surface area contributed by atoms with E-state index >= 15 is 0 Å². The lowest BCUT2D eigenvalue weighted by Gasteiger charge is -2.30. The number of aliphatic hydroxyl groups excluding tert-OH is 1. The maximum atomic E-state index is 13.6. The first kappa shape index (κ1) is 23.3. The van der Waals surface area contributed by atoms with Gasteiger partial charge in [0.05, 0.1) is 0 Å². The molecule has 2 aliphatic heterocycles. The standard InChI is InChI=1S/C26H30N4O5/c1-16-7-8-17-5-3-4-6-19(17)14-29(16)22(31)15-30-23(32)26(35-25(30)34)12-11-18-13-20(9-10-21(18)26)28-24(33)27-2/h3-6,9-10,13,16,25,34H,7-8,11-12,14-15H2,1-2H3,(H2,27,28,33)/t16-,25?,26-/m1/s1. The van der Waals surface area contributed by atoms with E-state index in [2.05, 4.69) is 16.7 Å². The molecule has 1 aliphatic carbocycles. The van der Waals surface area contributed by atoms with Gasteiger partial charge in [0.1, 0.15) is 6.54 Å². The second-order valence-corrected chi connectivity index (χ2v) is 9.46. The van der Waals surface area contributed by atoms with E-state index in [1.807, 2.05) is 31.2 Å². The normalized spacial score (nSPS) is 25.3. The van der Waals surface area contributed by atoms with Crippen LogP contribution in [0.25, 0.3) is 0 Å². The zero-order valence-electron chi connectivity index (χ0n) is 19.9. The Kier molecular flexibility index (Phi) is 5.98. The van der Waals surface area contributed by atoms with E-state index in [1.165, 1.54) is 12.6 Å². The fourth-order valence-corrected chi connectivity index (χ4v) is 5.42. The van der Waals surface area contributed by atoms with Gasteiger partial charge < -0.3 is 25.4 Å². The average Bonchev–Trinajstić information content (AvgIpc) is 3.25. The molecule has 2 aromatic carbocycles. The number of fused-ring (bicyclic) bond motifs is 3. The average molecular weight is 479 g/mol. The first-order chi connectivity index (χ1) is 16.8. The number of benzene rings is 2. The molecule has 1 fully saturated rings. The number of aliphatic hydroxyl groups is 1. The van der Waals surface area contributed by atoms with Crippen LogP contribution < -0.4 is 10.6 Å². The summed E-state index contributed by atoms with van der Waals surface area (Å²) in [7, 11) is 1.53. The summed E-state index contributed by atoms with van der Waals surface area (Å²) < 4.78 is 5.86. The Labute approximate surface area is 204 Å². The fraction of sp³-hybridized carbons (Fsp3) is 0.423. The SMILES string of the molecule is CNC(=O)Nc1ccc2c(c1)CC[C@@]21OC(O)N(CC(=O)N2Cc3ccccc3CC[C@H]2C)C1=O. The molecule has 184 valence electrons. The van der Waals surface area contributed by atoms with E-state index in [-0.39, 0.29) is 24.5 Å². The molecule has 1 saturated heterocycles. The zero-order valence-corrected chi connectivity index (χ0v) is 19.9. The number of carbonyl (C=O) groups excluding carboxylic acids is 3. The molecule has 9 nitrogen and oxygen atoms in total. The summed E-state index contributed by atoms with van der Waals surface area (Å²) >= 11 is 0. The molecule has 0 bridgehead atoms. The molecule has 1 spiro atoms. The third-order valence-electron chi connectivity index (χ3n) is 7.40. The van der Waals surface area contributed by atoms with Crippen molar-refractivity contribution in [3.8, 4) is 0 Å². The smallest absolute Gasteiger partial charge is 0.318 e. The number of hydrogen-bond donors (Lipinski definition) is 3. The van der Waals surface area contributed by atoms with E-state index < -0.39 is 17.9 Å². The number of nitrogens with zero attached hydrogens (tertiary/aromatic N) is 2. The highest BCUT2D eigenvalue weighted by atomic mass is 16.7. The molecule has 4 amide bonds. The van der Waals surface area contributed by atoms with E-state index in [4.69, 9.17) is 4.74 Å². The van der Waals surface area contributed by atoms with Gasteiger partial charge >= 0.3 is 6.03 Å². The third-order valence-corrected chi connectivity index (χ3v) is 7.40. The Hall–Kier alpha value is -3.43. The molecule has 35 heavy (non-hydrogen) atoms. The van der Waals surface area contributed by atoms with Gasteiger partial charge in [-0.05, 0) is 67.0 Å². The number of anilines is 1. The molecule has 0 radical (unpaired) electrons. The number of rotatable bonds is 3. The molecular formula is C26H30N4O5. The predicted octanol–water partition coefficient (Wildman–Crippen LogP) is 2.08. The number of carbonyl (C=O) groups is 3. The first-order valence-electron chi connectivity index (χ1n) is 12.0. The van der Waals surface area contributed by atoms with Crippen LogP contribution in [-0.2, 0) is 39.3 Å². The minimum Gasteiger partial charge on any atom is -0.351 e. The largest absolute Gasteiger partial charge is 0.351 e. The molecule has 3 aliphatic rings. The van der Waals surface area contributed by atoms with E-state index in [0.29, 0.717) is 30.6 Å². The molecule has 3 N–H and O–H groups in total. The molecule has 0 saturated carbocycles. The maximum absolute atomic E-state index is 13.6. The van der Waals surface area contributed by atoms with Crippen molar-refractivity contribution in [2.75, 3.05) is 18.9 Å². The number of ether oxygens (including phenoxy) is 1. The number of urea groups is 1. The Morgan fingerprint density at radius 2 is 1.91 bits per heavy atom. The number of aryl methyl sites for hydroxylation is 2. The molecule has 0 aromatic heterocycles. The number of nitrogens with one attached hydrogen (secondary N) is 2. The van der Waals surface area contributed by atoms with Crippen LogP contribution in [-0.4, -0.2) is 58.8 Å². The Morgan fingerprint density at radius 1 is 1.14 bits per heavy atom. The van der Waals surface area contributed by atoms with Crippen molar-refractivity contribution < 1.29 is 24.2 Å². The molecular weight excluding hydrogens is 448 g/mol. The summed E-state index contributed by atoms with van der Waals surface area (Å²) in [6.07, 6.45) is 1.14. The van der Waals surface area contributed by atoms with Crippen molar-refractivity contribution in [2.45, 2.75) is 57.2 Å². The lowest BCUT2D eigenvalue weighted by atomic mass is 9.94. The van der Waals surface area contributed by atoms with E-state index in [1.54, 1.807) is 17.0 Å². The van der Waals surface area contributed by atoms with E-state index in [9.17, 15) is 19.5 Å². The van der Waals surface area contributed by atoms with Gasteiger partial charge in [-0.25, -0.2) is 4.79 Å². The second-order valence-electron chi connectivity index (χ2n) is 9.46. The molecule has 2 heterocycles. The van der Waals surface area contributed by atoms with Crippen molar-refractivity contribution in [2.24, 2.45) is 0 Å². The topological polar surface area (TPSA) is 111 Å². The van der Waals surface area contributed by atoms with Crippen LogP contribution >= 0.6 is 0 Å². The molecule has 9 heteroatoms. The van der Waals surface area contributed by atoms with Crippen molar-refractivity contribution in [3.63, 3.8) is 0 Å². The Balaban J connectivity index is 1.34. The van der Waals surface area contributed by atoms with Crippen LogP contribution in [0.5, 0.6) is 0 Å². The summed E-state index contributed by atoms with van der Waals surface area (Å²) in [5, 5.41) is 15.9. The van der Waals surface area contributed by atoms with Crippen molar-refractivity contribution in [1.82, 2.24) is 15.1 Å². The van der Waals surface area contributed by atoms with Crippen molar-refractivity contribution in [3.05, 3.63) is 64.7 Å². The van der Waals surface area contributed by atoms with Crippen LogP contribution in [0.2, 0.25) is 0 Å². The van der Waals surface area contributed by atoms with Crippen LogP contribution in [0.1, 0.15) is 42.0 Å². The number of amides is 4. The molecule has 3 atom stereocenters. The van der Waals surface area contributed by atoms with Gasteiger partial charge in [-0.3, -0.25) is 14.5 Å². The summed E-state index contributed by atoms with van der Waals surface area (Å²) in [5.41, 5.74) is 3.16. The van der Waals surface area contributed by atoms with Gasteiger partial charge in [-0.15, -0.1) is 0 Å². The predicted molar refractivity (Wildman–Crippen MR) is 128 cm³/mol. The van der Waals surface area contributed by atoms with Crippen LogP contribution in [0.4, 0.5) is 10.5 Å². The Bertz CT molecular complexity index is 1180. The second kappa shape index (κ2) is 8.98. The van der Waals surface area contributed by atoms with Crippen molar-refractivity contribution >= 4 is 23.5 Å². The summed E-state index contributed by atoms with van der Waals surface area (Å²) in [6.45, 7) is 2.24. The third kappa shape index (κ3) is 4.04. The Morgan fingerprint density at radius 3 is 2.69 bits per heavy atom. The van der Waals surface area contributed by atoms with E-state index in [0.717, 1.165) is 28.9 Å². The van der Waals surface area contributed by atoms with Crippen LogP contribution in [0, 0.1) is 0 Å². The van der Waals surface area contributed by atoms with Gasteiger partial charge in [-0.1, -0.05) is 30.3 Å². The lowest BCUT2D eigenvalue weighted by molar-refractivity contribution is -0.181. The van der Waals surface area contributed by atoms with Gasteiger partial charge in [-0.2, -0.15) is 0 Å². The molecule has 1 unspecified atom stereocenters. The quantitative estimate of drug-likeness (QED) is 0.626. The number of hydrogen-bond acceptors (Lipinski definition) is 5. The highest BCUT2D eigenvalue weighted by molar-refractivity contribution is 5.94. The highest BCUT2D eigenvalue weighted by Crippen LogP contribution is 2.46. The van der Waals surface area contributed by atoms with Gasteiger partial charge in [0.15, 0.2) is 5.60 Å². The van der Waals surface area contributed by atoms with Crippen LogP contribution in [0.15, 0.2) is 42.5 Å². The molecule has 2 aromatic rings. The maximum Gasteiger partial charge on any atom is 0.318 e. The monoisotopic (exact) mass is 478 g/mol. The van der Waals surface area contributed by atoms with Gasteiger partial charge in [0.25, 0.3) is 5.91 Å². The first-order valence-corrected chi connectivity index (χ1v) is 12.0. The lowest BCUT2D eigenvalue weighted by Crippen LogP contribution is -2.47. The van der Waals surface area contributed by atoms with Gasteiger partial charge in [0, 0.05) is 25.3 Å². The highest BCUT2D eigenvalue weighted by Gasteiger charge is 2.57. The molecule has 5 rings (SSSR count). The summed E-state index contributed by atoms with van der Waals surface area (Å²) in [6, 6.07) is 13.0. The zero-order chi connectivity index (χ0) is 24.7.